The van der Waals surface area contributed by atoms with Crippen LogP contribution in [0.1, 0.15) is 18.4 Å². The van der Waals surface area contributed by atoms with Crippen molar-refractivity contribution < 1.29 is 14.7 Å². The van der Waals surface area contributed by atoms with Crippen molar-refractivity contribution in [3.63, 3.8) is 0 Å². The largest absolute Gasteiger partial charge is 0.481 e. The Hall–Kier alpha value is -1.88. The van der Waals surface area contributed by atoms with Crippen molar-refractivity contribution in [1.29, 1.82) is 0 Å². The molecule has 102 valence electrons. The molecule has 0 aromatic heterocycles. The molecule has 0 aliphatic carbocycles. The van der Waals surface area contributed by atoms with Gasteiger partial charge in [0.1, 0.15) is 0 Å². The highest BCUT2D eigenvalue weighted by atomic mass is 16.4. The number of aryl methyl sites for hydroxylation is 1. The zero-order valence-corrected chi connectivity index (χ0v) is 10.8. The molecule has 2 N–H and O–H groups in total. The SMILES string of the molecule is O=C(O)CCCc1cccc(N2CCNCC2=O)c1. The molecule has 1 aliphatic rings. The fourth-order valence-electron chi connectivity index (χ4n) is 2.20. The van der Waals surface area contributed by atoms with Gasteiger partial charge in [-0.25, -0.2) is 0 Å². The van der Waals surface area contributed by atoms with E-state index in [9.17, 15) is 9.59 Å². The number of nitrogens with zero attached hydrogens (tertiary/aromatic N) is 1. The van der Waals surface area contributed by atoms with E-state index in [1.165, 1.54) is 0 Å². The van der Waals surface area contributed by atoms with E-state index in [0.29, 0.717) is 19.5 Å². The first kappa shape index (κ1) is 13.5. The molecule has 1 aliphatic heterocycles. The number of rotatable bonds is 5. The monoisotopic (exact) mass is 262 g/mol. The maximum atomic E-state index is 11.8. The lowest BCUT2D eigenvalue weighted by molar-refractivity contribution is -0.137. The van der Waals surface area contributed by atoms with Gasteiger partial charge in [-0.1, -0.05) is 12.1 Å². The van der Waals surface area contributed by atoms with Crippen LogP contribution < -0.4 is 10.2 Å². The second-order valence-corrected chi connectivity index (χ2v) is 4.64. The van der Waals surface area contributed by atoms with Gasteiger partial charge in [-0.05, 0) is 30.5 Å². The lowest BCUT2D eigenvalue weighted by atomic mass is 10.1. The smallest absolute Gasteiger partial charge is 0.303 e. The van der Waals surface area contributed by atoms with E-state index in [1.54, 1.807) is 4.90 Å². The summed E-state index contributed by atoms with van der Waals surface area (Å²) in [5.41, 5.74) is 1.98. The molecule has 1 heterocycles. The number of hydrogen-bond donors (Lipinski definition) is 2. The number of aliphatic carboxylic acids is 1. The van der Waals surface area contributed by atoms with Gasteiger partial charge in [-0.3, -0.25) is 9.59 Å². The van der Waals surface area contributed by atoms with Gasteiger partial charge in [0, 0.05) is 25.2 Å². The van der Waals surface area contributed by atoms with Crippen molar-refractivity contribution in [3.05, 3.63) is 29.8 Å². The van der Waals surface area contributed by atoms with E-state index < -0.39 is 5.97 Å². The van der Waals surface area contributed by atoms with Crippen LogP contribution in [0.2, 0.25) is 0 Å². The summed E-state index contributed by atoms with van der Waals surface area (Å²) in [5.74, 6) is -0.692. The van der Waals surface area contributed by atoms with E-state index in [2.05, 4.69) is 5.32 Å². The van der Waals surface area contributed by atoms with Gasteiger partial charge in [-0.2, -0.15) is 0 Å². The fraction of sp³-hybridized carbons (Fsp3) is 0.429. The van der Waals surface area contributed by atoms with Crippen LogP contribution in [0.5, 0.6) is 0 Å². The molecule has 1 fully saturated rings. The maximum Gasteiger partial charge on any atom is 0.303 e. The van der Waals surface area contributed by atoms with Crippen molar-refractivity contribution in [3.8, 4) is 0 Å². The summed E-state index contributed by atoms with van der Waals surface area (Å²) in [4.78, 5) is 24.1. The summed E-state index contributed by atoms with van der Waals surface area (Å²) in [6, 6.07) is 7.79. The molecule has 0 atom stereocenters. The van der Waals surface area contributed by atoms with E-state index in [4.69, 9.17) is 5.11 Å². The van der Waals surface area contributed by atoms with Crippen LogP contribution >= 0.6 is 0 Å². The number of nitrogens with one attached hydrogen (secondary N) is 1. The molecule has 0 radical (unpaired) electrons. The van der Waals surface area contributed by atoms with Gasteiger partial charge in [0.25, 0.3) is 0 Å². The van der Waals surface area contributed by atoms with Gasteiger partial charge in [0.2, 0.25) is 5.91 Å². The number of hydrogen-bond acceptors (Lipinski definition) is 3. The molecular formula is C14H18N2O3. The summed E-state index contributed by atoms with van der Waals surface area (Å²) in [6.07, 6.45) is 1.52. The summed E-state index contributed by atoms with van der Waals surface area (Å²) in [7, 11) is 0. The van der Waals surface area contributed by atoms with Crippen LogP contribution in [0, 0.1) is 0 Å². The minimum absolute atomic E-state index is 0.0777. The predicted octanol–water partition coefficient (Wildman–Crippen LogP) is 1.03. The average Bonchev–Trinajstić information content (AvgIpc) is 2.39. The lowest BCUT2D eigenvalue weighted by Crippen LogP contribution is -2.48. The Balaban J connectivity index is 2.01. The second-order valence-electron chi connectivity index (χ2n) is 4.64. The lowest BCUT2D eigenvalue weighted by Gasteiger charge is -2.27. The Kier molecular flexibility index (Phi) is 4.52. The highest BCUT2D eigenvalue weighted by Crippen LogP contribution is 2.18. The number of piperazine rings is 1. The quantitative estimate of drug-likeness (QED) is 0.831. The molecule has 1 amide bonds. The van der Waals surface area contributed by atoms with Gasteiger partial charge in [-0.15, -0.1) is 0 Å². The molecule has 19 heavy (non-hydrogen) atoms. The Morgan fingerprint density at radius 3 is 3.00 bits per heavy atom. The van der Waals surface area contributed by atoms with Gasteiger partial charge >= 0.3 is 5.97 Å². The molecule has 1 aromatic rings. The number of anilines is 1. The van der Waals surface area contributed by atoms with Crippen LogP contribution in [-0.4, -0.2) is 36.6 Å². The zero-order chi connectivity index (χ0) is 13.7. The van der Waals surface area contributed by atoms with Crippen LogP contribution in [0.15, 0.2) is 24.3 Å². The van der Waals surface area contributed by atoms with Crippen LogP contribution in [0.25, 0.3) is 0 Å². The summed E-state index contributed by atoms with van der Waals surface area (Å²) < 4.78 is 0. The topological polar surface area (TPSA) is 69.6 Å². The Labute approximate surface area is 112 Å². The number of carboxylic acid groups (broad SMARTS) is 1. The van der Waals surface area contributed by atoms with Gasteiger partial charge < -0.3 is 15.3 Å². The molecule has 1 saturated heterocycles. The highest BCUT2D eigenvalue weighted by Gasteiger charge is 2.19. The van der Waals surface area contributed by atoms with Crippen molar-refractivity contribution in [2.75, 3.05) is 24.5 Å². The number of carbonyl (C=O) groups is 2. The van der Waals surface area contributed by atoms with Crippen molar-refractivity contribution in [2.24, 2.45) is 0 Å². The molecule has 0 unspecified atom stereocenters. The molecule has 1 aromatic carbocycles. The molecule has 5 nitrogen and oxygen atoms in total. The van der Waals surface area contributed by atoms with Gasteiger partial charge in [0.05, 0.1) is 6.54 Å². The first-order chi connectivity index (χ1) is 9.16. The zero-order valence-electron chi connectivity index (χ0n) is 10.8. The van der Waals surface area contributed by atoms with Crippen LogP contribution in [0.3, 0.4) is 0 Å². The van der Waals surface area contributed by atoms with Crippen molar-refractivity contribution in [1.82, 2.24) is 5.32 Å². The first-order valence-corrected chi connectivity index (χ1v) is 6.48. The van der Waals surface area contributed by atoms with Crippen LogP contribution in [0.4, 0.5) is 5.69 Å². The van der Waals surface area contributed by atoms with Crippen LogP contribution in [-0.2, 0) is 16.0 Å². The average molecular weight is 262 g/mol. The molecule has 0 spiro atoms. The minimum Gasteiger partial charge on any atom is -0.481 e. The number of amides is 1. The van der Waals surface area contributed by atoms with E-state index >= 15 is 0 Å². The predicted molar refractivity (Wildman–Crippen MR) is 72.2 cm³/mol. The Bertz CT molecular complexity index is 474. The molecular weight excluding hydrogens is 244 g/mol. The van der Waals surface area contributed by atoms with Crippen molar-refractivity contribution >= 4 is 17.6 Å². The van der Waals surface area contributed by atoms with Gasteiger partial charge in [0.15, 0.2) is 0 Å². The summed E-state index contributed by atoms with van der Waals surface area (Å²) in [5, 5.41) is 11.7. The Morgan fingerprint density at radius 2 is 2.26 bits per heavy atom. The molecule has 0 bridgehead atoms. The first-order valence-electron chi connectivity index (χ1n) is 6.48. The second kappa shape index (κ2) is 6.33. The molecule has 2 rings (SSSR count). The summed E-state index contributed by atoms with van der Waals surface area (Å²) in [6.45, 7) is 1.86. The summed E-state index contributed by atoms with van der Waals surface area (Å²) >= 11 is 0. The highest BCUT2D eigenvalue weighted by molar-refractivity contribution is 5.95. The number of benzene rings is 1. The van der Waals surface area contributed by atoms with E-state index in [1.807, 2.05) is 24.3 Å². The molecule has 0 saturated carbocycles. The van der Waals surface area contributed by atoms with E-state index in [-0.39, 0.29) is 12.3 Å². The number of carboxylic acids is 1. The third-order valence-corrected chi connectivity index (χ3v) is 3.17. The fourth-order valence-corrected chi connectivity index (χ4v) is 2.20. The third-order valence-electron chi connectivity index (χ3n) is 3.17. The third kappa shape index (κ3) is 3.79. The standard InChI is InChI=1S/C14H18N2O3/c17-13-10-15-7-8-16(13)12-5-1-3-11(9-12)4-2-6-14(18)19/h1,3,5,9,15H,2,4,6-8,10H2,(H,18,19). The van der Waals surface area contributed by atoms with Crippen molar-refractivity contribution in [2.45, 2.75) is 19.3 Å². The minimum atomic E-state index is -0.770. The Morgan fingerprint density at radius 1 is 1.42 bits per heavy atom. The van der Waals surface area contributed by atoms with E-state index in [0.717, 1.165) is 24.2 Å². The molecule has 5 heteroatoms. The maximum absolute atomic E-state index is 11.8. The normalized spacial score (nSPS) is 15.6. The number of carbonyl (C=O) groups excluding carboxylic acids is 1.